The minimum atomic E-state index is 0.391. The third-order valence-electron chi connectivity index (χ3n) is 4.77. The van der Waals surface area contributed by atoms with Crippen LogP contribution >= 0.6 is 0 Å². The van der Waals surface area contributed by atoms with Gasteiger partial charge in [0.15, 0.2) is 0 Å². The molecule has 0 radical (unpaired) electrons. The number of aromatic amines is 2. The topological polar surface area (TPSA) is 70.2 Å². The molecule has 0 unspecified atom stereocenters. The first-order chi connectivity index (χ1) is 12.4. The van der Waals surface area contributed by atoms with E-state index in [1.165, 1.54) is 16.8 Å². The Morgan fingerprint density at radius 3 is 2.12 bits per heavy atom. The zero-order valence-electron chi connectivity index (χ0n) is 16.6. The lowest BCUT2D eigenvalue weighted by Gasteiger charge is -2.11. The lowest BCUT2D eigenvalue weighted by Crippen LogP contribution is -2.01. The van der Waals surface area contributed by atoms with E-state index in [-0.39, 0.29) is 0 Å². The molecule has 5 nitrogen and oxygen atoms in total. The summed E-state index contributed by atoms with van der Waals surface area (Å²) in [7, 11) is 0. The minimum absolute atomic E-state index is 0.391. The Bertz CT molecular complexity index is 886. The van der Waals surface area contributed by atoms with E-state index >= 15 is 0 Å². The van der Waals surface area contributed by atoms with Gasteiger partial charge in [0.2, 0.25) is 0 Å². The molecule has 0 aliphatic heterocycles. The van der Waals surface area contributed by atoms with Crippen molar-refractivity contribution in [3.8, 4) is 22.8 Å². The number of aryl methyl sites for hydroxylation is 1. The van der Waals surface area contributed by atoms with Gasteiger partial charge in [-0.25, -0.2) is 4.98 Å². The number of aromatic nitrogens is 5. The molecule has 0 bridgehead atoms. The monoisotopic (exact) mass is 351 g/mol. The number of rotatable bonds is 6. The third kappa shape index (κ3) is 3.43. The predicted molar refractivity (Wildman–Crippen MR) is 106 cm³/mol. The fourth-order valence-electron chi connectivity index (χ4n) is 3.49. The highest BCUT2D eigenvalue weighted by molar-refractivity contribution is 5.67. The quantitative estimate of drug-likeness (QED) is 0.652. The largest absolute Gasteiger partial charge is 0.282 e. The van der Waals surface area contributed by atoms with Crippen molar-refractivity contribution >= 4 is 0 Å². The lowest BCUT2D eigenvalue weighted by atomic mass is 9.94. The molecule has 0 amide bonds. The second kappa shape index (κ2) is 7.44. The first kappa shape index (κ1) is 18.4. The Hall–Kier alpha value is -2.43. The van der Waals surface area contributed by atoms with Crippen molar-refractivity contribution < 1.29 is 0 Å². The highest BCUT2D eigenvalue weighted by atomic mass is 15.1. The summed E-state index contributed by atoms with van der Waals surface area (Å²) in [6.07, 6.45) is 1.94. The van der Waals surface area contributed by atoms with Gasteiger partial charge in [0.1, 0.15) is 11.4 Å². The first-order valence-electron chi connectivity index (χ1n) is 9.51. The van der Waals surface area contributed by atoms with Crippen LogP contribution in [0.3, 0.4) is 0 Å². The molecule has 2 N–H and O–H groups in total. The van der Waals surface area contributed by atoms with E-state index in [2.05, 4.69) is 61.9 Å². The number of nitrogens with zero attached hydrogens (tertiary/aromatic N) is 3. The Morgan fingerprint density at radius 1 is 0.923 bits per heavy atom. The van der Waals surface area contributed by atoms with Crippen molar-refractivity contribution in [3.05, 3.63) is 40.7 Å². The van der Waals surface area contributed by atoms with Crippen LogP contribution in [0.1, 0.15) is 63.1 Å². The van der Waals surface area contributed by atoms with Crippen molar-refractivity contribution in [2.24, 2.45) is 5.92 Å². The van der Waals surface area contributed by atoms with E-state index in [0.717, 1.165) is 41.3 Å². The fourth-order valence-corrected chi connectivity index (χ4v) is 3.49. The number of hydrogen-bond acceptors (Lipinski definition) is 3. The van der Waals surface area contributed by atoms with Gasteiger partial charge in [0.05, 0.1) is 11.4 Å². The Labute approximate surface area is 155 Å². The van der Waals surface area contributed by atoms with E-state index in [1.54, 1.807) is 0 Å². The van der Waals surface area contributed by atoms with Gasteiger partial charge in [0, 0.05) is 17.0 Å². The molecule has 0 spiro atoms. The molecule has 0 aromatic carbocycles. The molecule has 5 heteroatoms. The highest BCUT2D eigenvalue weighted by Gasteiger charge is 2.20. The molecule has 3 aromatic heterocycles. The Morgan fingerprint density at radius 2 is 1.54 bits per heavy atom. The van der Waals surface area contributed by atoms with Crippen molar-refractivity contribution in [1.82, 2.24) is 25.4 Å². The molecule has 26 heavy (non-hydrogen) atoms. The molecule has 0 aliphatic rings. The van der Waals surface area contributed by atoms with E-state index in [9.17, 15) is 0 Å². The maximum Gasteiger partial charge on any atom is 0.114 e. The number of pyridine rings is 1. The van der Waals surface area contributed by atoms with E-state index < -0.39 is 0 Å². The molecule has 0 atom stereocenters. The van der Waals surface area contributed by atoms with Crippen LogP contribution in [0.2, 0.25) is 0 Å². The van der Waals surface area contributed by atoms with Gasteiger partial charge >= 0.3 is 0 Å². The minimum Gasteiger partial charge on any atom is -0.282 e. The number of H-pyrrole nitrogens is 2. The summed E-state index contributed by atoms with van der Waals surface area (Å²) in [5.74, 6) is 0.973. The summed E-state index contributed by atoms with van der Waals surface area (Å²) >= 11 is 0. The van der Waals surface area contributed by atoms with E-state index in [4.69, 9.17) is 4.98 Å². The van der Waals surface area contributed by atoms with Crippen molar-refractivity contribution in [2.45, 2.75) is 60.3 Å². The molecule has 3 aromatic rings. The highest BCUT2D eigenvalue weighted by Crippen LogP contribution is 2.32. The second-order valence-corrected chi connectivity index (χ2v) is 7.65. The maximum atomic E-state index is 4.89. The zero-order valence-corrected chi connectivity index (χ0v) is 16.6. The van der Waals surface area contributed by atoms with Crippen LogP contribution in [0.25, 0.3) is 22.8 Å². The normalized spacial score (nSPS) is 11.7. The summed E-state index contributed by atoms with van der Waals surface area (Å²) in [6.45, 7) is 13.1. The molecular formula is C21H29N5. The third-order valence-corrected chi connectivity index (χ3v) is 4.77. The zero-order chi connectivity index (χ0) is 18.8. The Balaban J connectivity index is 2.06. The van der Waals surface area contributed by atoms with Crippen LogP contribution in [-0.2, 0) is 12.8 Å². The summed E-state index contributed by atoms with van der Waals surface area (Å²) in [5.41, 5.74) is 8.50. The van der Waals surface area contributed by atoms with Gasteiger partial charge in [-0.3, -0.25) is 10.2 Å². The van der Waals surface area contributed by atoms with Crippen LogP contribution in [0, 0.1) is 12.8 Å². The van der Waals surface area contributed by atoms with Crippen LogP contribution in [0.4, 0.5) is 0 Å². The molecule has 0 fully saturated rings. The second-order valence-electron chi connectivity index (χ2n) is 7.65. The molecule has 0 aliphatic carbocycles. The Kier molecular flexibility index (Phi) is 5.25. The van der Waals surface area contributed by atoms with E-state index in [1.807, 2.05) is 18.2 Å². The molecule has 0 saturated carbocycles. The van der Waals surface area contributed by atoms with Crippen molar-refractivity contribution in [2.75, 3.05) is 0 Å². The first-order valence-corrected chi connectivity index (χ1v) is 9.51. The van der Waals surface area contributed by atoms with Crippen molar-refractivity contribution in [1.29, 1.82) is 0 Å². The van der Waals surface area contributed by atoms with Crippen LogP contribution < -0.4 is 0 Å². The standard InChI is InChI=1S/C21H29N5/c1-7-15-14(6)20(25-23-15)16-9-8-10-17(22-16)21-19(13(4)5)18(24-26-21)11-12(2)3/h8-10,12-13H,7,11H2,1-6H3,(H,23,25)(H,24,26). The average molecular weight is 351 g/mol. The molecule has 3 rings (SSSR count). The lowest BCUT2D eigenvalue weighted by molar-refractivity contribution is 0.626. The van der Waals surface area contributed by atoms with Crippen molar-refractivity contribution in [3.63, 3.8) is 0 Å². The van der Waals surface area contributed by atoms with Crippen LogP contribution in [0.15, 0.2) is 18.2 Å². The molecule has 0 saturated heterocycles. The molecule has 138 valence electrons. The van der Waals surface area contributed by atoms with Crippen LogP contribution in [0.5, 0.6) is 0 Å². The van der Waals surface area contributed by atoms with Gasteiger partial charge in [-0.15, -0.1) is 0 Å². The van der Waals surface area contributed by atoms with Gasteiger partial charge in [-0.2, -0.15) is 10.2 Å². The SMILES string of the molecule is CCc1[nH]nc(-c2cccc(-c3n[nH]c(CC(C)C)c3C(C)C)n2)c1C. The van der Waals surface area contributed by atoms with Gasteiger partial charge in [-0.05, 0) is 49.3 Å². The summed E-state index contributed by atoms with van der Waals surface area (Å²) in [6, 6.07) is 6.09. The maximum absolute atomic E-state index is 4.89. The summed E-state index contributed by atoms with van der Waals surface area (Å²) in [5, 5.41) is 15.5. The fraction of sp³-hybridized carbons (Fsp3) is 0.476. The van der Waals surface area contributed by atoms with E-state index in [0.29, 0.717) is 11.8 Å². The summed E-state index contributed by atoms with van der Waals surface area (Å²) < 4.78 is 0. The summed E-state index contributed by atoms with van der Waals surface area (Å²) in [4.78, 5) is 4.89. The number of nitrogens with one attached hydrogen (secondary N) is 2. The van der Waals surface area contributed by atoms with Gasteiger partial charge in [0.25, 0.3) is 0 Å². The molecular weight excluding hydrogens is 322 g/mol. The average Bonchev–Trinajstić information content (AvgIpc) is 3.18. The number of hydrogen-bond donors (Lipinski definition) is 2. The predicted octanol–water partition coefficient (Wildman–Crippen LogP) is 5.05. The smallest absolute Gasteiger partial charge is 0.114 e. The molecule has 3 heterocycles. The van der Waals surface area contributed by atoms with Crippen LogP contribution in [-0.4, -0.2) is 25.4 Å². The van der Waals surface area contributed by atoms with Gasteiger partial charge < -0.3 is 0 Å². The van der Waals surface area contributed by atoms with Gasteiger partial charge in [-0.1, -0.05) is 40.7 Å².